The predicted octanol–water partition coefficient (Wildman–Crippen LogP) is 1.38. The van der Waals surface area contributed by atoms with Crippen molar-refractivity contribution in [3.8, 4) is 0 Å². The molecule has 154 valence electrons. The van der Waals surface area contributed by atoms with Crippen molar-refractivity contribution in [2.24, 2.45) is 0 Å². The van der Waals surface area contributed by atoms with Crippen LogP contribution >= 0.6 is 0 Å². The van der Waals surface area contributed by atoms with E-state index in [1.165, 1.54) is 0 Å². The van der Waals surface area contributed by atoms with E-state index in [0.717, 1.165) is 5.69 Å². The average Bonchev–Trinajstić information content (AvgIpc) is 2.65. The van der Waals surface area contributed by atoms with E-state index in [-0.39, 0.29) is 12.7 Å². The highest BCUT2D eigenvalue weighted by Crippen LogP contribution is 2.25. The molecule has 8 heteroatoms. The van der Waals surface area contributed by atoms with Gasteiger partial charge < -0.3 is 29.3 Å². The molecule has 1 aliphatic heterocycles. The normalized spacial score (nSPS) is 15.4. The fourth-order valence-corrected chi connectivity index (χ4v) is 2.71. The fourth-order valence-electron chi connectivity index (χ4n) is 2.71. The van der Waals surface area contributed by atoms with Crippen molar-refractivity contribution in [1.29, 1.82) is 0 Å². The molecule has 1 aromatic carbocycles. The summed E-state index contributed by atoms with van der Waals surface area (Å²) in [7, 11) is -1.13. The highest BCUT2D eigenvalue weighted by Gasteiger charge is 2.39. The van der Waals surface area contributed by atoms with Gasteiger partial charge in [0, 0.05) is 31.9 Å². The molecule has 28 heavy (non-hydrogen) atoms. The van der Waals surface area contributed by atoms with Crippen LogP contribution in [0.15, 0.2) is 36.9 Å². The second-order valence-corrected chi connectivity index (χ2v) is 7.97. The Morgan fingerprint density at radius 1 is 1.18 bits per heavy atom. The first kappa shape index (κ1) is 22.3. The third-order valence-corrected chi connectivity index (χ3v) is 5.29. The average molecular weight is 390 g/mol. The largest absolute Gasteiger partial charge is 0.491 e. The van der Waals surface area contributed by atoms with E-state index >= 15 is 0 Å². The molecule has 1 aromatic rings. The van der Waals surface area contributed by atoms with E-state index in [1.54, 1.807) is 38.7 Å². The van der Waals surface area contributed by atoms with E-state index in [0.29, 0.717) is 31.6 Å². The zero-order valence-electron chi connectivity index (χ0n) is 17.2. The summed E-state index contributed by atoms with van der Waals surface area (Å²) in [4.78, 5) is 15.7. The molecule has 0 bridgehead atoms. The molecule has 2 rings (SSSR count). The molecule has 7 nitrogen and oxygen atoms in total. The number of amides is 1. The number of anilines is 1. The predicted molar refractivity (Wildman–Crippen MR) is 111 cm³/mol. The molecular weight excluding hydrogens is 359 g/mol. The quantitative estimate of drug-likeness (QED) is 0.541. The lowest BCUT2D eigenvalue weighted by atomic mass is 9.76. The van der Waals surface area contributed by atoms with Gasteiger partial charge in [0.05, 0.1) is 11.2 Å². The van der Waals surface area contributed by atoms with E-state index in [4.69, 9.17) is 9.39 Å². The Labute approximate surface area is 167 Å². The van der Waals surface area contributed by atoms with Crippen LogP contribution in [0.2, 0.25) is 0 Å². The van der Waals surface area contributed by atoms with Gasteiger partial charge >= 0.3 is 13.2 Å². The number of nitrogens with zero attached hydrogens (tertiary/aromatic N) is 2. The topological polar surface area (TPSA) is 82.5 Å². The zero-order chi connectivity index (χ0) is 20.9. The van der Waals surface area contributed by atoms with Crippen LogP contribution in [-0.4, -0.2) is 72.2 Å². The van der Waals surface area contributed by atoms with Crippen LogP contribution in [-0.2, 0) is 9.39 Å². The number of hydrogen-bond donors (Lipinski definition) is 2. The van der Waals surface area contributed by atoms with Gasteiger partial charge in [-0.05, 0) is 45.3 Å². The summed E-state index contributed by atoms with van der Waals surface area (Å²) < 4.78 is 10.7. The third kappa shape index (κ3) is 5.50. The monoisotopic (exact) mass is 390 g/mol. The van der Waals surface area contributed by atoms with E-state index in [2.05, 4.69) is 11.5 Å². The number of piperazine rings is 1. The van der Waals surface area contributed by atoms with Gasteiger partial charge in [0.2, 0.25) is 0 Å². The van der Waals surface area contributed by atoms with Gasteiger partial charge in [-0.1, -0.05) is 24.8 Å². The first-order valence-electron chi connectivity index (χ1n) is 9.51. The van der Waals surface area contributed by atoms with Crippen molar-refractivity contribution in [3.63, 3.8) is 0 Å². The summed E-state index contributed by atoms with van der Waals surface area (Å²) in [5.41, 5.74) is -0.383. The molecule has 1 saturated heterocycles. The Hall–Kier alpha value is -2.03. The fraction of sp³-hybridized carbons (Fsp3) is 0.550. The Bertz CT molecular complexity index is 664. The molecule has 1 aliphatic rings. The highest BCUT2D eigenvalue weighted by atomic mass is 16.6. The maximum atomic E-state index is 11.9. The minimum atomic E-state index is -1.13. The SMILES string of the molecule is C=CCOC(=O)N1CCN(c2ccc(B(O)OC(C)(C)C(C)(C)O)cc2)CC1. The number of ether oxygens (including phenoxy) is 1. The summed E-state index contributed by atoms with van der Waals surface area (Å²) in [5.74, 6) is 0. The van der Waals surface area contributed by atoms with Crippen LogP contribution < -0.4 is 10.4 Å². The lowest BCUT2D eigenvalue weighted by Gasteiger charge is -2.38. The molecule has 2 N–H and O–H groups in total. The number of carbonyl (C=O) groups excluding carboxylic acids is 1. The third-order valence-electron chi connectivity index (χ3n) is 5.29. The molecular formula is C20H31BN2O5. The number of carbonyl (C=O) groups is 1. The molecule has 0 radical (unpaired) electrons. The van der Waals surface area contributed by atoms with E-state index in [1.807, 2.05) is 24.3 Å². The molecule has 0 saturated carbocycles. The molecule has 1 heterocycles. The van der Waals surface area contributed by atoms with Crippen LogP contribution in [0.5, 0.6) is 0 Å². The standard InChI is InChI=1S/C20H31BN2O5/c1-6-15-27-18(24)23-13-11-22(12-14-23)17-9-7-16(8-10-17)21(26)28-20(4,5)19(2,3)25/h6-10,25-26H,1,11-15H2,2-5H3. The molecule has 1 amide bonds. The Morgan fingerprint density at radius 2 is 1.75 bits per heavy atom. The van der Waals surface area contributed by atoms with Crippen LogP contribution in [0.1, 0.15) is 27.7 Å². The number of benzene rings is 1. The molecule has 0 aliphatic carbocycles. The van der Waals surface area contributed by atoms with Crippen molar-refractivity contribution >= 4 is 24.4 Å². The molecule has 0 atom stereocenters. The van der Waals surface area contributed by atoms with Crippen molar-refractivity contribution < 1.29 is 24.3 Å². The summed E-state index contributed by atoms with van der Waals surface area (Å²) in [5, 5.41) is 20.6. The summed E-state index contributed by atoms with van der Waals surface area (Å²) >= 11 is 0. The Morgan fingerprint density at radius 3 is 2.25 bits per heavy atom. The maximum absolute atomic E-state index is 11.9. The van der Waals surface area contributed by atoms with Crippen molar-refractivity contribution in [3.05, 3.63) is 36.9 Å². The van der Waals surface area contributed by atoms with Crippen LogP contribution in [0.4, 0.5) is 10.5 Å². The second-order valence-electron chi connectivity index (χ2n) is 7.97. The van der Waals surface area contributed by atoms with Gasteiger partial charge in [-0.3, -0.25) is 0 Å². The number of aliphatic hydroxyl groups is 1. The molecule has 0 spiro atoms. The molecule has 1 fully saturated rings. The first-order chi connectivity index (χ1) is 13.0. The number of hydrogen-bond acceptors (Lipinski definition) is 6. The smallest absolute Gasteiger partial charge is 0.445 e. The Kier molecular flexibility index (Phi) is 7.14. The van der Waals surface area contributed by atoms with Gasteiger partial charge in [-0.15, -0.1) is 0 Å². The van der Waals surface area contributed by atoms with Gasteiger partial charge in [0.1, 0.15) is 6.61 Å². The highest BCUT2D eigenvalue weighted by molar-refractivity contribution is 6.60. The van der Waals surface area contributed by atoms with Crippen molar-refractivity contribution in [2.45, 2.75) is 38.9 Å². The van der Waals surface area contributed by atoms with Crippen LogP contribution in [0, 0.1) is 0 Å². The molecule has 0 unspecified atom stereocenters. The molecule has 0 aromatic heterocycles. The van der Waals surface area contributed by atoms with Gasteiger partial charge in [0.15, 0.2) is 0 Å². The van der Waals surface area contributed by atoms with Gasteiger partial charge in [-0.2, -0.15) is 0 Å². The maximum Gasteiger partial charge on any atom is 0.491 e. The summed E-state index contributed by atoms with van der Waals surface area (Å²) in [6.45, 7) is 13.1. The minimum Gasteiger partial charge on any atom is -0.445 e. The summed E-state index contributed by atoms with van der Waals surface area (Å²) in [6, 6.07) is 7.46. The first-order valence-corrected chi connectivity index (χ1v) is 9.51. The van der Waals surface area contributed by atoms with Gasteiger partial charge in [-0.25, -0.2) is 4.79 Å². The van der Waals surface area contributed by atoms with E-state index < -0.39 is 18.3 Å². The Balaban J connectivity index is 1.93. The summed E-state index contributed by atoms with van der Waals surface area (Å²) in [6.07, 6.45) is 1.24. The van der Waals surface area contributed by atoms with E-state index in [9.17, 15) is 14.9 Å². The lowest BCUT2D eigenvalue weighted by molar-refractivity contribution is -0.0982. The van der Waals surface area contributed by atoms with Crippen LogP contribution in [0.3, 0.4) is 0 Å². The van der Waals surface area contributed by atoms with Gasteiger partial charge in [0.25, 0.3) is 0 Å². The second kappa shape index (κ2) is 8.98. The van der Waals surface area contributed by atoms with Crippen molar-refractivity contribution in [1.82, 2.24) is 4.90 Å². The lowest BCUT2D eigenvalue weighted by Crippen LogP contribution is -2.53. The number of rotatable bonds is 7. The van der Waals surface area contributed by atoms with Crippen molar-refractivity contribution in [2.75, 3.05) is 37.7 Å². The van der Waals surface area contributed by atoms with Crippen LogP contribution in [0.25, 0.3) is 0 Å². The zero-order valence-corrected chi connectivity index (χ0v) is 17.2. The minimum absolute atomic E-state index is 0.217.